The summed E-state index contributed by atoms with van der Waals surface area (Å²) in [7, 11) is 0. The van der Waals surface area contributed by atoms with Crippen LogP contribution in [0.2, 0.25) is 0 Å². The van der Waals surface area contributed by atoms with Crippen LogP contribution in [-0.4, -0.2) is 83.0 Å². The molecule has 5 rings (SSSR count). The van der Waals surface area contributed by atoms with Crippen molar-refractivity contribution in [2.24, 2.45) is 11.8 Å². The Kier molecular flexibility index (Phi) is 17.6. The van der Waals surface area contributed by atoms with Gasteiger partial charge in [-0.1, -0.05) is 75.4 Å². The van der Waals surface area contributed by atoms with E-state index in [1.807, 2.05) is 51.1 Å². The maximum absolute atomic E-state index is 13.5. The molecule has 0 radical (unpaired) electrons. The molecule has 60 heavy (non-hydrogen) atoms. The molecule has 0 fully saturated rings. The predicted molar refractivity (Wildman–Crippen MR) is 232 cm³/mol. The van der Waals surface area contributed by atoms with Crippen molar-refractivity contribution in [2.45, 2.75) is 129 Å². The molecule has 326 valence electrons. The first kappa shape index (κ1) is 47.8. The normalized spacial score (nSPS) is 18.0. The van der Waals surface area contributed by atoms with Crippen LogP contribution < -0.4 is 4.74 Å². The summed E-state index contributed by atoms with van der Waals surface area (Å²) in [6.45, 7) is 12.2. The van der Waals surface area contributed by atoms with E-state index in [0.29, 0.717) is 18.6 Å². The van der Waals surface area contributed by atoms with E-state index < -0.39 is 49.1 Å². The molecule has 11 nitrogen and oxygen atoms in total. The summed E-state index contributed by atoms with van der Waals surface area (Å²) >= 11 is 0. The molecule has 4 aromatic rings. The highest BCUT2D eigenvalue weighted by Gasteiger charge is 2.30. The van der Waals surface area contributed by atoms with Gasteiger partial charge >= 0.3 is 11.9 Å². The van der Waals surface area contributed by atoms with Gasteiger partial charge in [-0.05, 0) is 105 Å². The zero-order valence-electron chi connectivity index (χ0n) is 35.4. The highest BCUT2D eigenvalue weighted by Crippen LogP contribution is 2.44. The van der Waals surface area contributed by atoms with Crippen molar-refractivity contribution in [3.63, 3.8) is 0 Å². The minimum Gasteiger partial charge on any atom is -0.481 e. The number of halogens is 1. The smallest absolute Gasteiger partial charge is 0.305 e. The average Bonchev–Trinajstić information content (AvgIpc) is 3.50. The number of fused-ring (bicyclic) bond motifs is 2. The van der Waals surface area contributed by atoms with E-state index in [4.69, 9.17) is 14.9 Å². The molecule has 3 aromatic carbocycles. The van der Waals surface area contributed by atoms with Gasteiger partial charge in [0.05, 0.1) is 37.3 Å². The fraction of sp³-hybridized carbons (Fsp3) is 0.458. The first-order valence-electron chi connectivity index (χ1n) is 20.8. The lowest BCUT2D eigenvalue weighted by atomic mass is 9.76. The fourth-order valence-corrected chi connectivity index (χ4v) is 7.79. The molecule has 0 saturated carbocycles. The Morgan fingerprint density at radius 1 is 0.883 bits per heavy atom. The zero-order chi connectivity index (χ0) is 44.3. The average molecular weight is 832 g/mol. The Morgan fingerprint density at radius 3 is 2.13 bits per heavy atom. The van der Waals surface area contributed by atoms with Gasteiger partial charge in [-0.25, -0.2) is 4.39 Å². The molecular formula is C48H62FNO10. The van der Waals surface area contributed by atoms with Crippen molar-refractivity contribution in [1.29, 1.82) is 0 Å². The highest BCUT2D eigenvalue weighted by atomic mass is 19.1. The molecular weight excluding hydrogens is 770 g/mol. The Hall–Kier alpha value is -4.85. The third-order valence-electron chi connectivity index (χ3n) is 11.0. The SMILES string of the molecule is CC(C)n1c(/C=C/[C@@H](O)C[C@@H](O)CC(=O)O)c(-c2ccc(F)cc2)c2ccccc21.CC[C@H](C)C(O)Oc1cc(C)cc2c1[C@@H](CCC(O)C[C@@H](O)CC(=O)O)[C@@H](C)C=C2. The quantitative estimate of drug-likeness (QED) is 0.0452. The molecule has 0 amide bonds. The minimum absolute atomic E-state index is 0.00807. The van der Waals surface area contributed by atoms with Crippen LogP contribution in [0, 0.1) is 24.6 Å². The second-order valence-electron chi connectivity index (χ2n) is 16.4. The predicted octanol–water partition coefficient (Wildman–Crippen LogP) is 8.48. The monoisotopic (exact) mass is 831 g/mol. The summed E-state index contributed by atoms with van der Waals surface area (Å²) < 4.78 is 21.6. The maximum atomic E-state index is 13.5. The molecule has 1 aliphatic rings. The number of aliphatic carboxylic acids is 2. The van der Waals surface area contributed by atoms with Crippen LogP contribution >= 0.6 is 0 Å². The number of hydrogen-bond acceptors (Lipinski definition) is 8. The lowest BCUT2D eigenvalue weighted by Crippen LogP contribution is -2.26. The van der Waals surface area contributed by atoms with E-state index in [1.165, 1.54) is 12.1 Å². The molecule has 0 spiro atoms. The van der Waals surface area contributed by atoms with Crippen LogP contribution in [0.1, 0.15) is 114 Å². The van der Waals surface area contributed by atoms with Gasteiger partial charge in [-0.15, -0.1) is 0 Å². The number of aromatic nitrogens is 1. The van der Waals surface area contributed by atoms with Gasteiger partial charge in [-0.2, -0.15) is 0 Å². The first-order chi connectivity index (χ1) is 28.4. The number of benzene rings is 3. The van der Waals surface area contributed by atoms with Gasteiger partial charge in [0.2, 0.25) is 0 Å². The molecule has 1 aliphatic carbocycles. The van der Waals surface area contributed by atoms with Crippen LogP contribution in [0.5, 0.6) is 5.75 Å². The van der Waals surface area contributed by atoms with E-state index in [1.54, 1.807) is 24.3 Å². The van der Waals surface area contributed by atoms with E-state index in [2.05, 4.69) is 43.6 Å². The molecule has 8 atom stereocenters. The summed E-state index contributed by atoms with van der Waals surface area (Å²) in [5.41, 5.74) is 6.80. The van der Waals surface area contributed by atoms with Crippen LogP contribution in [-0.2, 0) is 9.59 Å². The molecule has 0 saturated heterocycles. The standard InChI is InChI=1S/C24H26FNO4.C24H36O6/c1-15(2)26-21-6-4-3-5-20(21)24(16-7-9-17(25)10-8-16)22(26)12-11-18(27)13-19(28)14-23(29)30;1-5-15(3)24(29)30-21-11-14(2)10-17-7-6-16(4)20(23(17)21)9-8-18(25)12-19(26)13-22(27)28/h3-12,15,18-19,27-28H,13-14H2,1-2H3,(H,29,30);6-7,10-11,15-16,18-20,24-26,29H,5,8-9,12-13H2,1-4H3,(H,27,28)/b12-11+;/t18-,19-;15-,16-,18?,19+,20-,24?/m10/s1. The summed E-state index contributed by atoms with van der Waals surface area (Å²) in [6.07, 6.45) is 3.82. The number of ether oxygens (including phenoxy) is 1. The summed E-state index contributed by atoms with van der Waals surface area (Å²) in [4.78, 5) is 21.4. The second kappa shape index (κ2) is 22.1. The summed E-state index contributed by atoms with van der Waals surface area (Å²) in [5, 5.41) is 69.2. The van der Waals surface area contributed by atoms with Crippen molar-refractivity contribution in [1.82, 2.24) is 4.57 Å². The number of carboxylic acids is 2. The number of nitrogens with zero attached hydrogens (tertiary/aromatic N) is 1. The second-order valence-corrected chi connectivity index (χ2v) is 16.4. The van der Waals surface area contributed by atoms with Crippen LogP contribution in [0.3, 0.4) is 0 Å². The fourth-order valence-electron chi connectivity index (χ4n) is 7.79. The van der Waals surface area contributed by atoms with Crippen molar-refractivity contribution >= 4 is 35.0 Å². The minimum atomic E-state index is -1.13. The lowest BCUT2D eigenvalue weighted by molar-refractivity contribution is -0.140. The van der Waals surface area contributed by atoms with E-state index in [9.17, 15) is 39.5 Å². The molecule has 7 N–H and O–H groups in total. The van der Waals surface area contributed by atoms with Crippen LogP contribution in [0.15, 0.2) is 72.8 Å². The van der Waals surface area contributed by atoms with Gasteiger partial charge in [0.15, 0.2) is 6.29 Å². The molecule has 1 aromatic heterocycles. The van der Waals surface area contributed by atoms with Gasteiger partial charge < -0.3 is 45.0 Å². The third-order valence-corrected chi connectivity index (χ3v) is 11.0. The molecule has 12 heteroatoms. The van der Waals surface area contributed by atoms with Gasteiger partial charge in [0.1, 0.15) is 11.6 Å². The highest BCUT2D eigenvalue weighted by molar-refractivity contribution is 6.01. The Morgan fingerprint density at radius 2 is 1.52 bits per heavy atom. The number of carboxylic acid groups (broad SMARTS) is 2. The zero-order valence-corrected chi connectivity index (χ0v) is 35.4. The van der Waals surface area contributed by atoms with Gasteiger partial charge in [-0.3, -0.25) is 9.59 Å². The Bertz CT molecular complexity index is 2090. The van der Waals surface area contributed by atoms with Crippen molar-refractivity contribution in [3.05, 3.63) is 101 Å². The Labute approximate surface area is 352 Å². The van der Waals surface area contributed by atoms with Gasteiger partial charge in [0, 0.05) is 46.1 Å². The van der Waals surface area contributed by atoms with E-state index >= 15 is 0 Å². The molecule has 0 bridgehead atoms. The number of aliphatic hydroxyl groups is 5. The number of aliphatic hydroxyl groups excluding tert-OH is 5. The Balaban J connectivity index is 0.000000265. The van der Waals surface area contributed by atoms with E-state index in [-0.39, 0.29) is 48.9 Å². The number of rotatable bonds is 19. The van der Waals surface area contributed by atoms with E-state index in [0.717, 1.165) is 50.8 Å². The van der Waals surface area contributed by atoms with Crippen molar-refractivity contribution in [3.8, 4) is 16.9 Å². The number of aryl methyl sites for hydroxylation is 1. The van der Waals surface area contributed by atoms with Crippen molar-refractivity contribution in [2.75, 3.05) is 0 Å². The number of carbonyl (C=O) groups is 2. The molecule has 2 unspecified atom stereocenters. The first-order valence-corrected chi connectivity index (χ1v) is 20.8. The van der Waals surface area contributed by atoms with Crippen LogP contribution in [0.25, 0.3) is 34.2 Å². The maximum Gasteiger partial charge on any atom is 0.305 e. The topological polar surface area (TPSA) is 190 Å². The van der Waals surface area contributed by atoms with Crippen molar-refractivity contribution < 1.29 is 54.5 Å². The van der Waals surface area contributed by atoms with Gasteiger partial charge in [0.25, 0.3) is 0 Å². The number of hydrogen-bond donors (Lipinski definition) is 7. The van der Waals surface area contributed by atoms with Crippen LogP contribution in [0.4, 0.5) is 4.39 Å². The summed E-state index contributed by atoms with van der Waals surface area (Å²) in [6, 6.07) is 18.4. The lowest BCUT2D eigenvalue weighted by Gasteiger charge is -2.32. The third kappa shape index (κ3) is 13.1. The number of para-hydroxylation sites is 1. The summed E-state index contributed by atoms with van der Waals surface area (Å²) in [5.74, 6) is -1.50. The molecule has 1 heterocycles. The largest absolute Gasteiger partial charge is 0.481 e. The number of allylic oxidation sites excluding steroid dienone is 1. The molecule has 0 aliphatic heterocycles.